The van der Waals surface area contributed by atoms with E-state index in [0.29, 0.717) is 11.0 Å². The molecule has 0 saturated carbocycles. The number of nitrogens with one attached hydrogen (secondary N) is 1. The quantitative estimate of drug-likeness (QED) is 0.854. The fourth-order valence-electron chi connectivity index (χ4n) is 1.49. The van der Waals surface area contributed by atoms with E-state index in [-0.39, 0.29) is 5.56 Å². The molecule has 0 fully saturated rings. The van der Waals surface area contributed by atoms with Crippen molar-refractivity contribution >= 4 is 21.6 Å². The van der Waals surface area contributed by atoms with E-state index in [1.807, 2.05) is 25.9 Å². The molecule has 17 heavy (non-hydrogen) atoms. The largest absolute Gasteiger partial charge is 0.371 e. The van der Waals surface area contributed by atoms with Crippen molar-refractivity contribution in [2.45, 2.75) is 19.9 Å². The third-order valence-electron chi connectivity index (χ3n) is 2.51. The van der Waals surface area contributed by atoms with Crippen molar-refractivity contribution in [3.05, 3.63) is 21.0 Å². The summed E-state index contributed by atoms with van der Waals surface area (Å²) in [4.78, 5) is 14.0. The molecule has 1 N–H and O–H groups in total. The molecule has 0 aliphatic carbocycles. The SMILES string of the molecule is CCCn1ncc(N(C)CCNC)c(Br)c1=O. The summed E-state index contributed by atoms with van der Waals surface area (Å²) in [5, 5.41) is 7.24. The van der Waals surface area contributed by atoms with Crippen molar-refractivity contribution in [2.24, 2.45) is 0 Å². The number of hydrogen-bond acceptors (Lipinski definition) is 4. The van der Waals surface area contributed by atoms with Crippen LogP contribution >= 0.6 is 15.9 Å². The molecule has 6 heteroatoms. The molecule has 0 saturated heterocycles. The number of aryl methyl sites for hydroxylation is 1. The molecule has 0 spiro atoms. The third-order valence-corrected chi connectivity index (χ3v) is 3.26. The Bertz CT molecular complexity index is 418. The Balaban J connectivity index is 2.95. The summed E-state index contributed by atoms with van der Waals surface area (Å²) in [5.41, 5.74) is 0.762. The molecular weight excluding hydrogens is 284 g/mol. The van der Waals surface area contributed by atoms with E-state index in [9.17, 15) is 4.79 Å². The number of likely N-dealkylation sites (N-methyl/N-ethyl adjacent to an activating group) is 2. The highest BCUT2D eigenvalue weighted by molar-refractivity contribution is 9.10. The first-order chi connectivity index (χ1) is 8.11. The van der Waals surface area contributed by atoms with Crippen molar-refractivity contribution in [1.29, 1.82) is 0 Å². The van der Waals surface area contributed by atoms with Crippen LogP contribution in [0, 0.1) is 0 Å². The van der Waals surface area contributed by atoms with E-state index in [0.717, 1.165) is 25.2 Å². The molecule has 0 aliphatic heterocycles. The van der Waals surface area contributed by atoms with Crippen LogP contribution in [0.3, 0.4) is 0 Å². The lowest BCUT2D eigenvalue weighted by atomic mass is 10.4. The maximum absolute atomic E-state index is 12.0. The van der Waals surface area contributed by atoms with Gasteiger partial charge in [0.1, 0.15) is 4.47 Å². The summed E-state index contributed by atoms with van der Waals surface area (Å²) < 4.78 is 2.07. The Morgan fingerprint density at radius 1 is 1.59 bits per heavy atom. The van der Waals surface area contributed by atoms with Crippen molar-refractivity contribution in [1.82, 2.24) is 15.1 Å². The molecule has 0 amide bonds. The van der Waals surface area contributed by atoms with Crippen LogP contribution in [0.15, 0.2) is 15.5 Å². The van der Waals surface area contributed by atoms with Crippen LogP contribution in [0.2, 0.25) is 0 Å². The van der Waals surface area contributed by atoms with Gasteiger partial charge in [0.25, 0.3) is 5.56 Å². The molecule has 5 nitrogen and oxygen atoms in total. The van der Waals surface area contributed by atoms with Gasteiger partial charge >= 0.3 is 0 Å². The zero-order chi connectivity index (χ0) is 12.8. The number of anilines is 1. The van der Waals surface area contributed by atoms with Crippen LogP contribution in [0.4, 0.5) is 5.69 Å². The summed E-state index contributed by atoms with van der Waals surface area (Å²) in [6.07, 6.45) is 2.63. The van der Waals surface area contributed by atoms with E-state index >= 15 is 0 Å². The summed E-state index contributed by atoms with van der Waals surface area (Å²) in [6.45, 7) is 4.36. The van der Waals surface area contributed by atoms with Crippen LogP contribution < -0.4 is 15.8 Å². The second-order valence-electron chi connectivity index (χ2n) is 3.90. The van der Waals surface area contributed by atoms with Crippen LogP contribution in [0.25, 0.3) is 0 Å². The second kappa shape index (κ2) is 6.76. The Morgan fingerprint density at radius 3 is 2.88 bits per heavy atom. The topological polar surface area (TPSA) is 50.2 Å². The number of halogens is 1. The van der Waals surface area contributed by atoms with Crippen LogP contribution in [0.5, 0.6) is 0 Å². The number of aromatic nitrogens is 2. The molecule has 1 rings (SSSR count). The molecule has 0 unspecified atom stereocenters. The van der Waals surface area contributed by atoms with E-state index in [2.05, 4.69) is 26.3 Å². The Morgan fingerprint density at radius 2 is 2.29 bits per heavy atom. The van der Waals surface area contributed by atoms with Crippen molar-refractivity contribution in [3.8, 4) is 0 Å². The van der Waals surface area contributed by atoms with Gasteiger partial charge in [0, 0.05) is 26.7 Å². The predicted octanol–water partition coefficient (Wildman–Crippen LogP) is 1.07. The minimum atomic E-state index is -0.0688. The lowest BCUT2D eigenvalue weighted by Gasteiger charge is -2.20. The monoisotopic (exact) mass is 302 g/mol. The van der Waals surface area contributed by atoms with Gasteiger partial charge in [-0.25, -0.2) is 4.68 Å². The van der Waals surface area contributed by atoms with Gasteiger partial charge in [-0.1, -0.05) is 6.92 Å². The van der Waals surface area contributed by atoms with Crippen molar-refractivity contribution in [3.63, 3.8) is 0 Å². The van der Waals surface area contributed by atoms with Gasteiger partial charge in [-0.3, -0.25) is 4.79 Å². The normalized spacial score (nSPS) is 10.6. The molecule has 0 bridgehead atoms. The zero-order valence-corrected chi connectivity index (χ0v) is 12.1. The van der Waals surface area contributed by atoms with Crippen LogP contribution in [0.1, 0.15) is 13.3 Å². The summed E-state index contributed by atoms with van der Waals surface area (Å²) >= 11 is 3.36. The molecule has 1 aromatic heterocycles. The zero-order valence-electron chi connectivity index (χ0n) is 10.5. The van der Waals surface area contributed by atoms with E-state index in [4.69, 9.17) is 0 Å². The number of rotatable bonds is 6. The Hall–Kier alpha value is -0.880. The highest BCUT2D eigenvalue weighted by Gasteiger charge is 2.11. The summed E-state index contributed by atoms with van der Waals surface area (Å²) in [5.74, 6) is 0. The average Bonchev–Trinajstić information content (AvgIpc) is 2.32. The first-order valence-electron chi connectivity index (χ1n) is 5.73. The van der Waals surface area contributed by atoms with E-state index < -0.39 is 0 Å². The van der Waals surface area contributed by atoms with Crippen molar-refractivity contribution in [2.75, 3.05) is 32.1 Å². The molecule has 0 atom stereocenters. The molecule has 0 radical (unpaired) electrons. The van der Waals surface area contributed by atoms with E-state index in [1.165, 1.54) is 4.68 Å². The second-order valence-corrected chi connectivity index (χ2v) is 4.69. The molecule has 0 aromatic carbocycles. The maximum atomic E-state index is 12.0. The Kier molecular flexibility index (Phi) is 5.64. The van der Waals surface area contributed by atoms with E-state index in [1.54, 1.807) is 6.20 Å². The summed E-state index contributed by atoms with van der Waals surface area (Å²) in [6, 6.07) is 0. The van der Waals surface area contributed by atoms with Gasteiger partial charge < -0.3 is 10.2 Å². The molecule has 1 aromatic rings. The first-order valence-corrected chi connectivity index (χ1v) is 6.52. The highest BCUT2D eigenvalue weighted by atomic mass is 79.9. The summed E-state index contributed by atoms with van der Waals surface area (Å²) in [7, 11) is 3.85. The van der Waals surface area contributed by atoms with Gasteiger partial charge in [0.15, 0.2) is 0 Å². The highest BCUT2D eigenvalue weighted by Crippen LogP contribution is 2.19. The standard InChI is InChI=1S/C11H19BrN4O/c1-4-6-16-11(17)10(12)9(8-14-16)15(3)7-5-13-2/h8,13H,4-7H2,1-3H3. The molecule has 1 heterocycles. The smallest absolute Gasteiger partial charge is 0.283 e. The first kappa shape index (κ1) is 14.2. The number of nitrogens with zero attached hydrogens (tertiary/aromatic N) is 3. The van der Waals surface area contributed by atoms with Gasteiger partial charge in [0.05, 0.1) is 11.9 Å². The van der Waals surface area contributed by atoms with Crippen LogP contribution in [-0.2, 0) is 6.54 Å². The molecule has 0 aliphatic rings. The lowest BCUT2D eigenvalue weighted by molar-refractivity contribution is 0.564. The van der Waals surface area contributed by atoms with Crippen LogP contribution in [-0.4, -0.2) is 37.0 Å². The van der Waals surface area contributed by atoms with Gasteiger partial charge in [-0.15, -0.1) is 0 Å². The fraction of sp³-hybridized carbons (Fsp3) is 0.636. The third kappa shape index (κ3) is 3.54. The Labute approximate surface area is 110 Å². The van der Waals surface area contributed by atoms with Gasteiger partial charge in [-0.2, -0.15) is 5.10 Å². The predicted molar refractivity (Wildman–Crippen MR) is 73.7 cm³/mol. The lowest BCUT2D eigenvalue weighted by Crippen LogP contribution is -2.31. The van der Waals surface area contributed by atoms with Gasteiger partial charge in [0.2, 0.25) is 0 Å². The minimum Gasteiger partial charge on any atom is -0.371 e. The fourth-order valence-corrected chi connectivity index (χ4v) is 2.10. The molecular formula is C11H19BrN4O. The van der Waals surface area contributed by atoms with Gasteiger partial charge in [-0.05, 0) is 29.4 Å². The maximum Gasteiger partial charge on any atom is 0.283 e. The molecule has 96 valence electrons. The number of hydrogen-bond donors (Lipinski definition) is 1. The minimum absolute atomic E-state index is 0.0688. The van der Waals surface area contributed by atoms with Crippen molar-refractivity contribution < 1.29 is 0 Å². The average molecular weight is 303 g/mol.